The number of nitrogens with two attached hydrogens (primary N) is 1. The minimum Gasteiger partial charge on any atom is -0.396 e. The number of benzene rings is 1. The van der Waals surface area contributed by atoms with Gasteiger partial charge in [-0.1, -0.05) is 30.1 Å². The molecule has 20 heavy (non-hydrogen) atoms. The summed E-state index contributed by atoms with van der Waals surface area (Å²) in [5.41, 5.74) is 5.73. The predicted molar refractivity (Wildman–Crippen MR) is 79.4 cm³/mol. The van der Waals surface area contributed by atoms with Gasteiger partial charge < -0.3 is 10.8 Å². The fraction of sp³-hybridized carbons (Fsp3) is 0.500. The Morgan fingerprint density at radius 3 is 2.65 bits per heavy atom. The molecule has 0 aromatic heterocycles. The highest BCUT2D eigenvalue weighted by atomic mass is 35.5. The number of piperidine rings is 1. The van der Waals surface area contributed by atoms with Gasteiger partial charge in [-0.2, -0.15) is 4.31 Å². The Labute approximate surface area is 128 Å². The molecule has 1 aromatic rings. The van der Waals surface area contributed by atoms with Crippen molar-refractivity contribution in [3.63, 3.8) is 0 Å². The summed E-state index contributed by atoms with van der Waals surface area (Å²) in [7, 11) is -3.74. The molecule has 1 aliphatic rings. The Kier molecular flexibility index (Phi) is 4.51. The van der Waals surface area contributed by atoms with E-state index in [4.69, 9.17) is 28.9 Å². The molecule has 1 aromatic carbocycles. The van der Waals surface area contributed by atoms with Crippen LogP contribution >= 0.6 is 23.2 Å². The number of aliphatic hydroxyl groups excluding tert-OH is 1. The van der Waals surface area contributed by atoms with Gasteiger partial charge in [0.2, 0.25) is 10.0 Å². The zero-order chi connectivity index (χ0) is 15.1. The van der Waals surface area contributed by atoms with E-state index in [-0.39, 0.29) is 39.6 Å². The second-order valence-corrected chi connectivity index (χ2v) is 7.66. The van der Waals surface area contributed by atoms with Crippen molar-refractivity contribution in [1.82, 2.24) is 4.31 Å². The quantitative estimate of drug-likeness (QED) is 0.807. The molecule has 1 saturated heterocycles. The third-order valence-corrected chi connectivity index (χ3v) is 6.29. The number of nitrogen functional groups attached to an aromatic ring is 1. The average molecular weight is 339 g/mol. The molecule has 1 aliphatic heterocycles. The molecule has 0 aliphatic carbocycles. The molecule has 2 rings (SSSR count). The molecule has 1 heterocycles. The lowest BCUT2D eigenvalue weighted by atomic mass is 9.99. The highest BCUT2D eigenvalue weighted by molar-refractivity contribution is 7.89. The summed E-state index contributed by atoms with van der Waals surface area (Å²) in [5, 5.41) is 9.84. The number of anilines is 1. The van der Waals surface area contributed by atoms with E-state index in [9.17, 15) is 13.5 Å². The van der Waals surface area contributed by atoms with Crippen LogP contribution in [-0.2, 0) is 10.0 Å². The lowest BCUT2D eigenvalue weighted by molar-refractivity contribution is 0.0628. The Morgan fingerprint density at radius 1 is 1.40 bits per heavy atom. The van der Waals surface area contributed by atoms with Gasteiger partial charge in [-0.05, 0) is 24.5 Å². The lowest BCUT2D eigenvalue weighted by Crippen LogP contribution is -2.44. The molecule has 2 unspecified atom stereocenters. The van der Waals surface area contributed by atoms with Crippen molar-refractivity contribution in [3.05, 3.63) is 22.2 Å². The van der Waals surface area contributed by atoms with Gasteiger partial charge in [-0.15, -0.1) is 0 Å². The zero-order valence-corrected chi connectivity index (χ0v) is 13.2. The van der Waals surface area contributed by atoms with Crippen molar-refractivity contribution in [2.75, 3.05) is 18.8 Å². The molecular formula is C12H16Cl2N2O3S. The normalized spacial score (nSPS) is 24.8. The number of hydrogen-bond donors (Lipinski definition) is 2. The summed E-state index contributed by atoms with van der Waals surface area (Å²) in [6.07, 6.45) is -0.0756. The van der Waals surface area contributed by atoms with Gasteiger partial charge in [0, 0.05) is 13.1 Å². The van der Waals surface area contributed by atoms with Gasteiger partial charge in [0.15, 0.2) is 0 Å². The predicted octanol–water partition coefficient (Wildman–Crippen LogP) is 1.97. The van der Waals surface area contributed by atoms with Gasteiger partial charge in [0.25, 0.3) is 0 Å². The van der Waals surface area contributed by atoms with Crippen LogP contribution in [-0.4, -0.2) is 37.0 Å². The van der Waals surface area contributed by atoms with Crippen molar-refractivity contribution >= 4 is 38.9 Å². The number of aliphatic hydroxyl groups is 1. The van der Waals surface area contributed by atoms with E-state index < -0.39 is 16.1 Å². The first-order valence-corrected chi connectivity index (χ1v) is 8.36. The Bertz CT molecular complexity index is 621. The first-order valence-electron chi connectivity index (χ1n) is 6.17. The second kappa shape index (κ2) is 5.69. The fourth-order valence-electron chi connectivity index (χ4n) is 2.20. The van der Waals surface area contributed by atoms with E-state index in [1.807, 2.05) is 6.92 Å². The minimum absolute atomic E-state index is 0.0512. The van der Waals surface area contributed by atoms with E-state index in [1.165, 1.54) is 16.4 Å². The van der Waals surface area contributed by atoms with Crippen LogP contribution in [0.1, 0.15) is 13.3 Å². The maximum Gasteiger partial charge on any atom is 0.244 e. The number of rotatable bonds is 2. The van der Waals surface area contributed by atoms with Crippen LogP contribution in [0.3, 0.4) is 0 Å². The smallest absolute Gasteiger partial charge is 0.244 e. The maximum absolute atomic E-state index is 12.6. The van der Waals surface area contributed by atoms with Crippen LogP contribution in [0, 0.1) is 5.92 Å². The van der Waals surface area contributed by atoms with Crippen LogP contribution in [0.15, 0.2) is 17.0 Å². The van der Waals surface area contributed by atoms with Crippen LogP contribution in [0.2, 0.25) is 10.0 Å². The zero-order valence-electron chi connectivity index (χ0n) is 10.9. The molecule has 112 valence electrons. The van der Waals surface area contributed by atoms with Crippen LogP contribution in [0.4, 0.5) is 5.69 Å². The van der Waals surface area contributed by atoms with Crippen molar-refractivity contribution < 1.29 is 13.5 Å². The summed E-state index contributed by atoms with van der Waals surface area (Å²) in [6.45, 7) is 2.32. The average Bonchev–Trinajstić information content (AvgIpc) is 2.38. The Balaban J connectivity index is 2.39. The van der Waals surface area contributed by atoms with Gasteiger partial charge >= 0.3 is 0 Å². The van der Waals surface area contributed by atoms with Crippen molar-refractivity contribution in [2.24, 2.45) is 5.92 Å². The number of hydrogen-bond acceptors (Lipinski definition) is 4. The largest absolute Gasteiger partial charge is 0.396 e. The Hall–Kier alpha value is -0.530. The van der Waals surface area contributed by atoms with Crippen LogP contribution in [0.25, 0.3) is 0 Å². The number of sulfonamides is 1. The van der Waals surface area contributed by atoms with E-state index in [2.05, 4.69) is 0 Å². The SMILES string of the molecule is CC1CN(S(=O)(=O)c2ccc(Cl)c(N)c2Cl)CCC1O. The van der Waals surface area contributed by atoms with Gasteiger partial charge in [-0.3, -0.25) is 0 Å². The fourth-order valence-corrected chi connectivity index (χ4v) is 4.50. The second-order valence-electron chi connectivity index (χ2n) is 4.97. The summed E-state index contributed by atoms with van der Waals surface area (Å²) in [4.78, 5) is -0.0512. The number of nitrogens with zero attached hydrogens (tertiary/aromatic N) is 1. The summed E-state index contributed by atoms with van der Waals surface area (Å²) >= 11 is 11.8. The topological polar surface area (TPSA) is 83.6 Å². The summed E-state index contributed by atoms with van der Waals surface area (Å²) < 4.78 is 26.5. The third-order valence-electron chi connectivity index (χ3n) is 3.53. The first kappa shape index (κ1) is 15.9. The van der Waals surface area contributed by atoms with Gasteiger partial charge in [0.1, 0.15) is 4.90 Å². The van der Waals surface area contributed by atoms with E-state index in [1.54, 1.807) is 0 Å². The molecular weight excluding hydrogens is 323 g/mol. The molecule has 1 fully saturated rings. The van der Waals surface area contributed by atoms with Gasteiger partial charge in [0.05, 0.1) is 21.8 Å². The van der Waals surface area contributed by atoms with Crippen molar-refractivity contribution in [2.45, 2.75) is 24.3 Å². The molecule has 0 radical (unpaired) electrons. The molecule has 0 spiro atoms. The highest BCUT2D eigenvalue weighted by Crippen LogP contribution is 2.35. The van der Waals surface area contributed by atoms with E-state index >= 15 is 0 Å². The monoisotopic (exact) mass is 338 g/mol. The Morgan fingerprint density at radius 2 is 2.05 bits per heavy atom. The molecule has 5 nitrogen and oxygen atoms in total. The van der Waals surface area contributed by atoms with E-state index in [0.717, 1.165) is 0 Å². The molecule has 3 N–H and O–H groups in total. The molecule has 0 amide bonds. The number of halogens is 2. The summed E-state index contributed by atoms with van der Waals surface area (Å²) in [6, 6.07) is 2.77. The molecule has 0 saturated carbocycles. The standard InChI is InChI=1S/C12H16Cl2N2O3S/c1-7-6-16(5-4-9(7)17)20(18,19)10-3-2-8(13)12(15)11(10)14/h2-3,7,9,17H,4-6,15H2,1H3. The maximum atomic E-state index is 12.6. The highest BCUT2D eigenvalue weighted by Gasteiger charge is 2.34. The molecule has 0 bridgehead atoms. The molecule has 8 heteroatoms. The summed E-state index contributed by atoms with van der Waals surface area (Å²) in [5.74, 6) is -0.123. The van der Waals surface area contributed by atoms with E-state index in [0.29, 0.717) is 6.42 Å². The lowest BCUT2D eigenvalue weighted by Gasteiger charge is -2.33. The minimum atomic E-state index is -3.74. The van der Waals surface area contributed by atoms with Crippen LogP contribution in [0.5, 0.6) is 0 Å². The van der Waals surface area contributed by atoms with Gasteiger partial charge in [-0.25, -0.2) is 8.42 Å². The van der Waals surface area contributed by atoms with Crippen molar-refractivity contribution in [1.29, 1.82) is 0 Å². The van der Waals surface area contributed by atoms with Crippen LogP contribution < -0.4 is 5.73 Å². The third kappa shape index (κ3) is 2.76. The molecule has 2 atom stereocenters. The first-order chi connectivity index (χ1) is 9.25. The van der Waals surface area contributed by atoms with Crippen molar-refractivity contribution in [3.8, 4) is 0 Å².